The summed E-state index contributed by atoms with van der Waals surface area (Å²) in [5.41, 5.74) is 1.35. The van der Waals surface area contributed by atoms with Gasteiger partial charge in [-0.15, -0.1) is 0 Å². The number of hydrogen-bond acceptors (Lipinski definition) is 3. The quantitative estimate of drug-likeness (QED) is 0.860. The van der Waals surface area contributed by atoms with Crippen molar-refractivity contribution in [2.45, 2.75) is 39.1 Å². The van der Waals surface area contributed by atoms with E-state index < -0.39 is 17.7 Å². The highest BCUT2D eigenvalue weighted by Crippen LogP contribution is 2.19. The molecule has 0 saturated heterocycles. The highest BCUT2D eigenvalue weighted by molar-refractivity contribution is 5.21. The summed E-state index contributed by atoms with van der Waals surface area (Å²) in [6.45, 7) is 5.13. The second kappa shape index (κ2) is 6.78. The van der Waals surface area contributed by atoms with Gasteiger partial charge in [0.25, 0.3) is 0 Å². The summed E-state index contributed by atoms with van der Waals surface area (Å²) >= 11 is 0. The van der Waals surface area contributed by atoms with Crippen molar-refractivity contribution >= 4 is 0 Å². The first kappa shape index (κ1) is 15.6. The first-order valence-corrected chi connectivity index (χ1v) is 6.89. The van der Waals surface area contributed by atoms with Crippen LogP contribution in [0.15, 0.2) is 30.6 Å². The summed E-state index contributed by atoms with van der Waals surface area (Å²) in [6.07, 6.45) is 2.76. The minimum atomic E-state index is -0.956. The van der Waals surface area contributed by atoms with Crippen LogP contribution in [0.3, 0.4) is 0 Å². The molecule has 2 aromatic rings. The molecule has 0 saturated carbocycles. The maximum atomic E-state index is 13.2. The molecule has 0 amide bonds. The minimum Gasteiger partial charge on any atom is -0.387 e. The van der Waals surface area contributed by atoms with E-state index in [2.05, 4.69) is 10.4 Å². The van der Waals surface area contributed by atoms with Crippen molar-refractivity contribution in [1.82, 2.24) is 15.1 Å². The zero-order chi connectivity index (χ0) is 15.4. The van der Waals surface area contributed by atoms with E-state index in [-0.39, 0.29) is 6.04 Å². The number of nitrogens with zero attached hydrogens (tertiary/aromatic N) is 2. The summed E-state index contributed by atoms with van der Waals surface area (Å²) in [5.74, 6) is -1.87. The van der Waals surface area contributed by atoms with Crippen LogP contribution in [0.1, 0.15) is 31.1 Å². The average molecular weight is 295 g/mol. The van der Waals surface area contributed by atoms with Gasteiger partial charge in [-0.3, -0.25) is 4.68 Å². The van der Waals surface area contributed by atoms with Gasteiger partial charge < -0.3 is 10.4 Å². The topological polar surface area (TPSA) is 50.1 Å². The standard InChI is InChI=1S/C15H19F2N3O/c1-3-20-9-11(8-19-20)7-18-10(2)15(21)12-4-5-13(16)14(17)6-12/h4-6,8-10,15,18,21H,3,7H2,1-2H3. The van der Waals surface area contributed by atoms with E-state index >= 15 is 0 Å². The first-order valence-electron chi connectivity index (χ1n) is 6.89. The van der Waals surface area contributed by atoms with Gasteiger partial charge >= 0.3 is 0 Å². The van der Waals surface area contributed by atoms with Crippen LogP contribution in [-0.4, -0.2) is 20.9 Å². The Morgan fingerprint density at radius 1 is 1.33 bits per heavy atom. The second-order valence-corrected chi connectivity index (χ2v) is 4.99. The molecule has 0 fully saturated rings. The Kier molecular flexibility index (Phi) is 5.03. The van der Waals surface area contributed by atoms with Gasteiger partial charge in [0, 0.05) is 30.9 Å². The second-order valence-electron chi connectivity index (χ2n) is 4.99. The molecule has 1 aromatic heterocycles. The van der Waals surface area contributed by atoms with Crippen molar-refractivity contribution in [2.75, 3.05) is 0 Å². The lowest BCUT2D eigenvalue weighted by atomic mass is 10.0. The number of benzene rings is 1. The van der Waals surface area contributed by atoms with E-state index in [1.54, 1.807) is 13.1 Å². The van der Waals surface area contributed by atoms with E-state index in [4.69, 9.17) is 0 Å². The van der Waals surface area contributed by atoms with Crippen molar-refractivity contribution in [3.05, 3.63) is 53.4 Å². The van der Waals surface area contributed by atoms with Crippen molar-refractivity contribution < 1.29 is 13.9 Å². The summed E-state index contributed by atoms with van der Waals surface area (Å²) in [4.78, 5) is 0. The average Bonchev–Trinajstić information content (AvgIpc) is 2.95. The molecule has 1 aromatic carbocycles. The summed E-state index contributed by atoms with van der Waals surface area (Å²) < 4.78 is 27.9. The number of rotatable bonds is 6. The van der Waals surface area contributed by atoms with Gasteiger partial charge in [0.15, 0.2) is 11.6 Å². The van der Waals surface area contributed by atoms with Gasteiger partial charge in [0.2, 0.25) is 0 Å². The molecule has 0 aliphatic carbocycles. The monoisotopic (exact) mass is 295 g/mol. The maximum Gasteiger partial charge on any atom is 0.159 e. The molecule has 0 radical (unpaired) electrons. The fourth-order valence-electron chi connectivity index (χ4n) is 2.05. The molecule has 0 spiro atoms. The first-order chi connectivity index (χ1) is 10.0. The summed E-state index contributed by atoms with van der Waals surface area (Å²) in [5, 5.41) is 17.5. The lowest BCUT2D eigenvalue weighted by molar-refractivity contribution is 0.135. The lowest BCUT2D eigenvalue weighted by Crippen LogP contribution is -2.31. The van der Waals surface area contributed by atoms with E-state index in [0.717, 1.165) is 24.2 Å². The summed E-state index contributed by atoms with van der Waals surface area (Å²) in [6, 6.07) is 3.12. The van der Waals surface area contributed by atoms with Crippen molar-refractivity contribution in [3.63, 3.8) is 0 Å². The highest BCUT2D eigenvalue weighted by atomic mass is 19.2. The van der Waals surface area contributed by atoms with Gasteiger partial charge in [0.1, 0.15) is 0 Å². The third-order valence-corrected chi connectivity index (χ3v) is 3.40. The molecule has 2 N–H and O–H groups in total. The predicted molar refractivity (Wildman–Crippen MR) is 75.5 cm³/mol. The Balaban J connectivity index is 1.95. The molecule has 6 heteroatoms. The highest BCUT2D eigenvalue weighted by Gasteiger charge is 2.17. The van der Waals surface area contributed by atoms with E-state index in [1.807, 2.05) is 17.8 Å². The van der Waals surface area contributed by atoms with Crippen LogP contribution < -0.4 is 5.32 Å². The van der Waals surface area contributed by atoms with Crippen LogP contribution in [-0.2, 0) is 13.1 Å². The number of hydrogen-bond donors (Lipinski definition) is 2. The third-order valence-electron chi connectivity index (χ3n) is 3.40. The smallest absolute Gasteiger partial charge is 0.159 e. The number of aliphatic hydroxyl groups excluding tert-OH is 1. The van der Waals surface area contributed by atoms with Crippen LogP contribution in [0, 0.1) is 11.6 Å². The van der Waals surface area contributed by atoms with Gasteiger partial charge in [-0.25, -0.2) is 8.78 Å². The zero-order valence-corrected chi connectivity index (χ0v) is 12.1. The molecule has 4 nitrogen and oxygen atoms in total. The van der Waals surface area contributed by atoms with Crippen LogP contribution in [0.2, 0.25) is 0 Å². The van der Waals surface area contributed by atoms with Crippen molar-refractivity contribution in [1.29, 1.82) is 0 Å². The normalized spacial score (nSPS) is 14.1. The van der Waals surface area contributed by atoms with Crippen LogP contribution in [0.25, 0.3) is 0 Å². The molecular formula is C15H19F2N3O. The Bertz CT molecular complexity index is 600. The maximum absolute atomic E-state index is 13.2. The Morgan fingerprint density at radius 3 is 2.71 bits per heavy atom. The minimum absolute atomic E-state index is 0.306. The van der Waals surface area contributed by atoms with Gasteiger partial charge in [0.05, 0.1) is 12.3 Å². The summed E-state index contributed by atoms with van der Waals surface area (Å²) in [7, 11) is 0. The van der Waals surface area contributed by atoms with Crippen LogP contribution in [0.5, 0.6) is 0 Å². The Morgan fingerprint density at radius 2 is 2.10 bits per heavy atom. The van der Waals surface area contributed by atoms with E-state index in [1.165, 1.54) is 6.07 Å². The van der Waals surface area contributed by atoms with Crippen LogP contribution >= 0.6 is 0 Å². The van der Waals surface area contributed by atoms with Gasteiger partial charge in [-0.1, -0.05) is 6.07 Å². The van der Waals surface area contributed by atoms with Crippen molar-refractivity contribution in [3.8, 4) is 0 Å². The molecule has 0 aliphatic rings. The molecule has 21 heavy (non-hydrogen) atoms. The molecule has 2 rings (SSSR count). The number of aliphatic hydroxyl groups is 1. The Hall–Kier alpha value is -1.79. The zero-order valence-electron chi connectivity index (χ0n) is 12.1. The molecule has 114 valence electrons. The van der Waals surface area contributed by atoms with Crippen molar-refractivity contribution in [2.24, 2.45) is 0 Å². The van der Waals surface area contributed by atoms with Crippen LogP contribution in [0.4, 0.5) is 8.78 Å². The van der Waals surface area contributed by atoms with Gasteiger partial charge in [-0.2, -0.15) is 5.10 Å². The number of halogens is 2. The fraction of sp³-hybridized carbons (Fsp3) is 0.400. The lowest BCUT2D eigenvalue weighted by Gasteiger charge is -2.20. The SMILES string of the molecule is CCn1cc(CNC(C)C(O)c2ccc(F)c(F)c2)cn1. The predicted octanol–water partition coefficient (Wildman–Crippen LogP) is 2.39. The largest absolute Gasteiger partial charge is 0.387 e. The fourth-order valence-corrected chi connectivity index (χ4v) is 2.05. The van der Waals surface area contributed by atoms with Gasteiger partial charge in [-0.05, 0) is 31.5 Å². The molecular weight excluding hydrogens is 276 g/mol. The van der Waals surface area contributed by atoms with E-state index in [9.17, 15) is 13.9 Å². The number of aromatic nitrogens is 2. The van der Waals surface area contributed by atoms with E-state index in [0.29, 0.717) is 12.1 Å². The molecule has 2 unspecified atom stereocenters. The number of aryl methyl sites for hydroxylation is 1. The molecule has 0 bridgehead atoms. The molecule has 1 heterocycles. The molecule has 0 aliphatic heterocycles. The molecule has 2 atom stereocenters. The Labute approximate surface area is 122 Å². The number of nitrogens with one attached hydrogen (secondary N) is 1. The third kappa shape index (κ3) is 3.86.